The van der Waals surface area contributed by atoms with Gasteiger partial charge in [-0.05, 0) is 25.0 Å². The highest BCUT2D eigenvalue weighted by atomic mass is 16.5. The second-order valence-corrected chi connectivity index (χ2v) is 4.72. The lowest BCUT2D eigenvalue weighted by molar-refractivity contribution is 0.0587. The van der Waals surface area contributed by atoms with Crippen LogP contribution in [0.4, 0.5) is 0 Å². The smallest absolute Gasteiger partial charge is 0.356 e. The fourth-order valence-electron chi connectivity index (χ4n) is 2.28. The van der Waals surface area contributed by atoms with Gasteiger partial charge in [0.05, 0.1) is 25.7 Å². The third kappa shape index (κ3) is 2.50. The highest BCUT2D eigenvalue weighted by molar-refractivity contribution is 5.87. The van der Waals surface area contributed by atoms with E-state index in [1.54, 1.807) is 6.33 Å². The molecule has 2 rings (SSSR count). The van der Waals surface area contributed by atoms with E-state index in [0.29, 0.717) is 5.69 Å². The zero-order chi connectivity index (χ0) is 14.7. The van der Waals surface area contributed by atoms with Crippen LogP contribution in [0.5, 0.6) is 0 Å². The number of methoxy groups -OCH3 is 1. The second-order valence-electron chi connectivity index (χ2n) is 4.72. The number of benzene rings is 1. The molecule has 0 aliphatic heterocycles. The summed E-state index contributed by atoms with van der Waals surface area (Å²) in [6.45, 7) is 8.00. The van der Waals surface area contributed by atoms with Gasteiger partial charge in [-0.15, -0.1) is 0 Å². The van der Waals surface area contributed by atoms with E-state index in [9.17, 15) is 4.79 Å². The lowest BCUT2D eigenvalue weighted by Crippen LogP contribution is -2.15. The number of carbonyl (C=O) groups is 1. The first-order valence-electron chi connectivity index (χ1n) is 6.41. The summed E-state index contributed by atoms with van der Waals surface area (Å²) in [5.41, 5.74) is 3.62. The second kappa shape index (κ2) is 5.74. The van der Waals surface area contributed by atoms with E-state index in [4.69, 9.17) is 4.74 Å². The first-order chi connectivity index (χ1) is 9.56. The summed E-state index contributed by atoms with van der Waals surface area (Å²) in [6.07, 6.45) is 3.16. The van der Waals surface area contributed by atoms with Gasteiger partial charge < -0.3 is 9.30 Å². The molecular weight excluding hydrogens is 252 g/mol. The Morgan fingerprint density at radius 1 is 1.40 bits per heavy atom. The minimum atomic E-state index is -0.387. The van der Waals surface area contributed by atoms with Crippen molar-refractivity contribution < 1.29 is 9.53 Å². The lowest BCUT2D eigenvalue weighted by atomic mass is 9.97. The van der Waals surface area contributed by atoms with Gasteiger partial charge in [0.1, 0.15) is 5.69 Å². The molecule has 2 aromatic rings. The molecule has 0 bridgehead atoms. The Labute approximate surface area is 118 Å². The first-order valence-corrected chi connectivity index (χ1v) is 6.41. The highest BCUT2D eigenvalue weighted by Gasteiger charge is 2.19. The molecule has 1 aromatic carbocycles. The Hall–Kier alpha value is -2.36. The number of hydrogen-bond donors (Lipinski definition) is 0. The van der Waals surface area contributed by atoms with Crippen molar-refractivity contribution in [2.24, 2.45) is 0 Å². The maximum atomic E-state index is 11.7. The van der Waals surface area contributed by atoms with Gasteiger partial charge in [-0.3, -0.25) is 0 Å². The largest absolute Gasteiger partial charge is 0.464 e. The molecule has 0 saturated carbocycles. The van der Waals surface area contributed by atoms with Crippen molar-refractivity contribution in [3.63, 3.8) is 0 Å². The molecule has 4 heteroatoms. The Bertz CT molecular complexity index is 643. The molecule has 20 heavy (non-hydrogen) atoms. The molecule has 0 spiro atoms. The van der Waals surface area contributed by atoms with Gasteiger partial charge in [0, 0.05) is 0 Å². The average molecular weight is 270 g/mol. The maximum Gasteiger partial charge on any atom is 0.356 e. The van der Waals surface area contributed by atoms with Gasteiger partial charge in [0.15, 0.2) is 0 Å². The van der Waals surface area contributed by atoms with Crippen molar-refractivity contribution in [3.8, 4) is 0 Å². The fraction of sp³-hybridized carbons (Fsp3) is 0.250. The number of rotatable bonds is 4. The van der Waals surface area contributed by atoms with Gasteiger partial charge in [0.2, 0.25) is 0 Å². The molecule has 0 saturated heterocycles. The number of hydrogen-bond acceptors (Lipinski definition) is 3. The van der Waals surface area contributed by atoms with Gasteiger partial charge in [0.25, 0.3) is 0 Å². The molecule has 1 aromatic heterocycles. The predicted octanol–water partition coefficient (Wildman–Crippen LogP) is 3.31. The summed E-state index contributed by atoms with van der Waals surface area (Å²) < 4.78 is 6.59. The Balaban J connectivity index is 2.47. The number of allylic oxidation sites excluding steroid dienone is 1. The van der Waals surface area contributed by atoms with E-state index in [1.807, 2.05) is 42.7 Å². The van der Waals surface area contributed by atoms with E-state index < -0.39 is 0 Å². The summed E-state index contributed by atoms with van der Waals surface area (Å²) >= 11 is 0. The molecule has 0 N–H and O–H groups in total. The average Bonchev–Trinajstić information content (AvgIpc) is 2.95. The third-order valence-electron chi connectivity index (χ3n) is 3.35. The minimum Gasteiger partial charge on any atom is -0.464 e. The Morgan fingerprint density at radius 2 is 2.10 bits per heavy atom. The quantitative estimate of drug-likeness (QED) is 0.801. The highest BCUT2D eigenvalue weighted by Crippen LogP contribution is 2.27. The topological polar surface area (TPSA) is 44.1 Å². The molecule has 0 aliphatic carbocycles. The van der Waals surface area contributed by atoms with E-state index >= 15 is 0 Å². The van der Waals surface area contributed by atoms with E-state index in [1.165, 1.54) is 13.3 Å². The van der Waals surface area contributed by atoms with Crippen LogP contribution in [0.15, 0.2) is 43.4 Å². The van der Waals surface area contributed by atoms with Crippen molar-refractivity contribution in [2.75, 3.05) is 7.11 Å². The number of imidazole rings is 1. The zero-order valence-electron chi connectivity index (χ0n) is 12.0. The van der Waals surface area contributed by atoms with Crippen LogP contribution in [0.3, 0.4) is 0 Å². The fourth-order valence-corrected chi connectivity index (χ4v) is 2.28. The Morgan fingerprint density at radius 3 is 2.75 bits per heavy atom. The molecule has 1 unspecified atom stereocenters. The van der Waals surface area contributed by atoms with Crippen LogP contribution in [0.25, 0.3) is 5.57 Å². The monoisotopic (exact) mass is 270 g/mol. The van der Waals surface area contributed by atoms with E-state index in [2.05, 4.69) is 11.6 Å². The molecule has 0 aliphatic rings. The number of esters is 1. The molecule has 104 valence electrons. The molecule has 0 fully saturated rings. The lowest BCUT2D eigenvalue weighted by Gasteiger charge is -2.19. The van der Waals surface area contributed by atoms with Crippen molar-refractivity contribution in [1.29, 1.82) is 0 Å². The molecule has 0 radical (unpaired) electrons. The number of carbonyl (C=O) groups excluding carboxylic acids is 1. The SMILES string of the molecule is C=C(C)c1ccccc1C(C)n1cncc1C(=O)OC. The molecule has 0 amide bonds. The first kappa shape index (κ1) is 14.1. The zero-order valence-corrected chi connectivity index (χ0v) is 12.0. The third-order valence-corrected chi connectivity index (χ3v) is 3.35. The van der Waals surface area contributed by atoms with Gasteiger partial charge in [-0.1, -0.05) is 36.4 Å². The maximum absolute atomic E-state index is 11.7. The summed E-state index contributed by atoms with van der Waals surface area (Å²) in [7, 11) is 1.37. The van der Waals surface area contributed by atoms with Crippen LogP contribution in [0.2, 0.25) is 0 Å². The molecule has 4 nitrogen and oxygen atoms in total. The van der Waals surface area contributed by atoms with E-state index in [0.717, 1.165) is 16.7 Å². The number of ether oxygens (including phenoxy) is 1. The van der Waals surface area contributed by atoms with Gasteiger partial charge >= 0.3 is 5.97 Å². The summed E-state index contributed by atoms with van der Waals surface area (Å²) in [5, 5.41) is 0. The summed E-state index contributed by atoms with van der Waals surface area (Å²) in [5.74, 6) is -0.387. The standard InChI is InChI=1S/C16H18N2O2/c1-11(2)13-7-5-6-8-14(13)12(3)18-10-17-9-15(18)16(19)20-4/h5-10,12H,1H2,2-4H3. The number of nitrogens with zero attached hydrogens (tertiary/aromatic N) is 2. The van der Waals surface area contributed by atoms with Crippen molar-refractivity contribution in [1.82, 2.24) is 9.55 Å². The van der Waals surface area contributed by atoms with Crippen molar-refractivity contribution in [3.05, 3.63) is 60.2 Å². The van der Waals surface area contributed by atoms with Crippen LogP contribution in [-0.4, -0.2) is 22.6 Å². The minimum absolute atomic E-state index is 0.0282. The van der Waals surface area contributed by atoms with Crippen LogP contribution >= 0.6 is 0 Å². The summed E-state index contributed by atoms with van der Waals surface area (Å²) in [6, 6.07) is 8.00. The molecule has 1 heterocycles. The van der Waals surface area contributed by atoms with Crippen LogP contribution in [0.1, 0.15) is 41.5 Å². The van der Waals surface area contributed by atoms with E-state index in [-0.39, 0.29) is 12.0 Å². The number of aromatic nitrogens is 2. The van der Waals surface area contributed by atoms with Crippen molar-refractivity contribution in [2.45, 2.75) is 19.9 Å². The normalized spacial score (nSPS) is 11.9. The van der Waals surface area contributed by atoms with Crippen LogP contribution in [0, 0.1) is 0 Å². The van der Waals surface area contributed by atoms with Gasteiger partial charge in [-0.2, -0.15) is 0 Å². The van der Waals surface area contributed by atoms with Gasteiger partial charge in [-0.25, -0.2) is 9.78 Å². The van der Waals surface area contributed by atoms with Crippen molar-refractivity contribution >= 4 is 11.5 Å². The van der Waals surface area contributed by atoms with Crippen LogP contribution in [-0.2, 0) is 4.74 Å². The Kier molecular flexibility index (Phi) is 4.03. The molecular formula is C16H18N2O2. The summed E-state index contributed by atoms with van der Waals surface area (Å²) in [4.78, 5) is 15.8. The molecule has 1 atom stereocenters. The van der Waals surface area contributed by atoms with Crippen LogP contribution < -0.4 is 0 Å². The predicted molar refractivity (Wildman–Crippen MR) is 78.5 cm³/mol.